The highest BCUT2D eigenvalue weighted by Gasteiger charge is 2.30. The third-order valence-corrected chi connectivity index (χ3v) is 14.9. The van der Waals surface area contributed by atoms with Crippen LogP contribution < -0.4 is 20.5 Å². The maximum Gasteiger partial charge on any atom is 0.353 e. The van der Waals surface area contributed by atoms with E-state index in [-0.39, 0.29) is 36.4 Å². The molecule has 2 saturated carbocycles. The molecule has 2 aliphatic carbocycles. The fraction of sp³-hybridized carbons (Fsp3) is 0.400. The van der Waals surface area contributed by atoms with Crippen LogP contribution in [0.15, 0.2) is 132 Å². The summed E-state index contributed by atoms with van der Waals surface area (Å²) >= 11 is 12.7. The molecule has 0 bridgehead atoms. The first-order valence-corrected chi connectivity index (χ1v) is 27.5. The number of amides is 1. The van der Waals surface area contributed by atoms with Crippen LogP contribution in [0, 0.1) is 0 Å². The van der Waals surface area contributed by atoms with Gasteiger partial charge in [0.2, 0.25) is 0 Å². The summed E-state index contributed by atoms with van der Waals surface area (Å²) in [5.41, 5.74) is 9.39. The number of nitrogens with one attached hydrogen (secondary N) is 1. The lowest BCUT2D eigenvalue weighted by molar-refractivity contribution is -0.129. The lowest BCUT2D eigenvalue weighted by Gasteiger charge is -2.29. The smallest absolute Gasteiger partial charge is 0.353 e. The molecule has 4 aliphatic rings. The number of nitrogens with two attached hydrogens (primary N) is 1. The second-order valence-corrected chi connectivity index (χ2v) is 21.2. The van der Waals surface area contributed by atoms with Crippen LogP contribution in [0.2, 0.25) is 10.0 Å². The molecule has 0 radical (unpaired) electrons. The monoisotopic (exact) mass is 1090 g/mol. The number of carboxylic acids is 1. The predicted octanol–water partition coefficient (Wildman–Crippen LogP) is 10.1. The van der Waals surface area contributed by atoms with Gasteiger partial charge in [-0.3, -0.25) is 4.79 Å². The van der Waals surface area contributed by atoms with Gasteiger partial charge in [0, 0.05) is 32.0 Å². The molecule has 0 spiro atoms. The van der Waals surface area contributed by atoms with E-state index in [0.29, 0.717) is 52.6 Å². The Balaban J connectivity index is 0.000000169. The minimum Gasteiger partial charge on any atom is -0.489 e. The standard InChI is InChI=1S/C30H34ClN3O4.C16H23ClN2O2.C14H13NO3/c31-25-18-23(10-14-28(25)38-24-11-12-24)29(35)27(19-34-15-3-4-16-34)32-30(36)26(33-37)13-8-20-7-9-21-5-1-2-6-22(21)17-20;17-13-9-11(3-6-15(13)21-12-4-5-12)16(20)14(18)10-19-7-1-2-8-19;16-14(17)13(15-18)8-6-10-5-7-11-3-1-2-4-12(11)9-10/h1-2,5-7,9-10,14,17-18,24,27,29,35,37H,3-4,8,11-13,15-16,19H2,(H,32,36);3,6,9,12,14,16,20H,1-2,4-5,7-8,10,18H2;1-5,7,9,18H,6,8H2,(H,16,17)/b33-26+;;15-13+/t27-,29-;14-,16-;/m11./s1. The van der Waals surface area contributed by atoms with Crippen molar-refractivity contribution in [2.24, 2.45) is 16.0 Å². The first-order valence-electron chi connectivity index (χ1n) is 26.7. The van der Waals surface area contributed by atoms with Crippen LogP contribution in [-0.4, -0.2) is 122 Å². The van der Waals surface area contributed by atoms with Crippen molar-refractivity contribution in [1.29, 1.82) is 0 Å². The SMILES string of the molecule is N[C@H](CN1CCCC1)[C@H](O)c1ccc(OC2CC2)c(Cl)c1.O=C(N[C@H](CN1CCCC1)[C@H](O)c1ccc(OC2CC2)c(Cl)c1)/C(CCc1ccc2ccccc2c1)=N/O.O=C(O)/C(CCc1ccc2ccccc2c1)=N/O. The number of rotatable bonds is 21. The normalized spacial score (nSPS) is 17.6. The molecule has 6 aromatic carbocycles. The molecule has 408 valence electrons. The summed E-state index contributed by atoms with van der Waals surface area (Å²) in [5, 5.41) is 63.2. The van der Waals surface area contributed by atoms with Crippen LogP contribution in [-0.2, 0) is 22.4 Å². The number of aryl methyl sites for hydroxylation is 2. The Hall–Kier alpha value is -6.30. The average molecular weight is 1090 g/mol. The molecular formula is C60H70Cl2N6O9. The number of ether oxygens (including phenoxy) is 2. The molecule has 6 aromatic rings. The fourth-order valence-corrected chi connectivity index (χ4v) is 10.1. The maximum atomic E-state index is 13.2. The number of hydrogen-bond acceptors (Lipinski definition) is 13. The van der Waals surface area contributed by atoms with Gasteiger partial charge in [0.25, 0.3) is 5.91 Å². The van der Waals surface area contributed by atoms with Gasteiger partial charge < -0.3 is 56.1 Å². The van der Waals surface area contributed by atoms with E-state index < -0.39 is 30.1 Å². The fourth-order valence-electron chi connectivity index (χ4n) is 9.61. The molecule has 17 heteroatoms. The number of nitrogens with zero attached hydrogens (tertiary/aromatic N) is 4. The van der Waals surface area contributed by atoms with Gasteiger partial charge >= 0.3 is 5.97 Å². The van der Waals surface area contributed by atoms with Gasteiger partial charge in [0.15, 0.2) is 5.71 Å². The largest absolute Gasteiger partial charge is 0.489 e. The highest BCUT2D eigenvalue weighted by atomic mass is 35.5. The van der Waals surface area contributed by atoms with Crippen LogP contribution in [0.3, 0.4) is 0 Å². The second-order valence-electron chi connectivity index (χ2n) is 20.4. The summed E-state index contributed by atoms with van der Waals surface area (Å²) in [6.45, 7) is 5.19. The Kier molecular flexibility index (Phi) is 20.6. The van der Waals surface area contributed by atoms with Gasteiger partial charge in [-0.15, -0.1) is 0 Å². The van der Waals surface area contributed by atoms with Crippen LogP contribution in [0.1, 0.15) is 98.7 Å². The highest BCUT2D eigenvalue weighted by molar-refractivity contribution is 6.38. The number of carbonyl (C=O) groups is 2. The van der Waals surface area contributed by atoms with E-state index in [1.165, 1.54) is 12.8 Å². The molecule has 0 aromatic heterocycles. The highest BCUT2D eigenvalue weighted by Crippen LogP contribution is 2.36. The molecule has 1 amide bonds. The van der Waals surface area contributed by atoms with Crippen LogP contribution in [0.5, 0.6) is 11.5 Å². The zero-order chi connectivity index (χ0) is 54.3. The topological polar surface area (TPSA) is 223 Å². The van der Waals surface area contributed by atoms with Gasteiger partial charge in [-0.25, -0.2) is 4.79 Å². The summed E-state index contributed by atoms with van der Waals surface area (Å²) in [4.78, 5) is 28.4. The van der Waals surface area contributed by atoms with E-state index in [1.54, 1.807) is 24.3 Å². The molecule has 2 saturated heterocycles. The molecule has 2 aliphatic heterocycles. The Labute approximate surface area is 459 Å². The minimum atomic E-state index is -1.18. The summed E-state index contributed by atoms with van der Waals surface area (Å²) in [7, 11) is 0. The second kappa shape index (κ2) is 27.8. The van der Waals surface area contributed by atoms with Crippen molar-refractivity contribution < 1.29 is 44.8 Å². The van der Waals surface area contributed by atoms with Crippen molar-refractivity contribution in [2.75, 3.05) is 39.3 Å². The maximum absolute atomic E-state index is 13.2. The van der Waals surface area contributed by atoms with Crippen LogP contribution in [0.25, 0.3) is 21.5 Å². The summed E-state index contributed by atoms with van der Waals surface area (Å²) in [5.74, 6) is -0.369. The molecule has 8 N–H and O–H groups in total. The van der Waals surface area contributed by atoms with E-state index in [2.05, 4.69) is 43.6 Å². The average Bonchev–Trinajstić information content (AvgIpc) is 4.33. The molecule has 10 rings (SSSR count). The van der Waals surface area contributed by atoms with Crippen molar-refractivity contribution in [3.05, 3.63) is 154 Å². The van der Waals surface area contributed by atoms with E-state index in [9.17, 15) is 25.0 Å². The van der Waals surface area contributed by atoms with Crippen molar-refractivity contribution in [3.63, 3.8) is 0 Å². The quantitative estimate of drug-likeness (QED) is 0.0203. The first kappa shape index (κ1) is 56.9. The number of hydrogen-bond donors (Lipinski definition) is 7. The van der Waals surface area contributed by atoms with Crippen molar-refractivity contribution in [1.82, 2.24) is 15.1 Å². The zero-order valence-corrected chi connectivity index (χ0v) is 44.7. The third kappa shape index (κ3) is 16.8. The number of aliphatic hydroxyl groups is 2. The number of fused-ring (bicyclic) bond motifs is 2. The molecule has 4 atom stereocenters. The van der Waals surface area contributed by atoms with Gasteiger partial charge in [0.05, 0.1) is 34.4 Å². The Morgan fingerprint density at radius 3 is 1.48 bits per heavy atom. The van der Waals surface area contributed by atoms with Crippen LogP contribution in [0.4, 0.5) is 0 Å². The molecule has 2 heterocycles. The number of aliphatic hydroxyl groups excluding tert-OH is 2. The molecule has 15 nitrogen and oxygen atoms in total. The minimum absolute atomic E-state index is 0.0306. The first-order chi connectivity index (χ1) is 37.3. The summed E-state index contributed by atoms with van der Waals surface area (Å²) in [6, 6.07) is 38.0. The number of aliphatic carboxylic acids is 1. The predicted molar refractivity (Wildman–Crippen MR) is 302 cm³/mol. The van der Waals surface area contributed by atoms with Crippen molar-refractivity contribution in [3.8, 4) is 11.5 Å². The van der Waals surface area contributed by atoms with Crippen LogP contribution >= 0.6 is 23.2 Å². The molecule has 77 heavy (non-hydrogen) atoms. The van der Waals surface area contributed by atoms with Gasteiger partial charge in [0.1, 0.15) is 23.3 Å². The number of oxime groups is 2. The molecule has 4 fully saturated rings. The number of carboxylic acid groups (broad SMARTS) is 1. The zero-order valence-electron chi connectivity index (χ0n) is 43.2. The van der Waals surface area contributed by atoms with E-state index in [4.69, 9.17) is 48.7 Å². The lowest BCUT2D eigenvalue weighted by atomic mass is 10.00. The van der Waals surface area contributed by atoms with E-state index in [1.807, 2.05) is 78.9 Å². The van der Waals surface area contributed by atoms with Gasteiger partial charge in [-0.05, 0) is 158 Å². The van der Waals surface area contributed by atoms with Crippen molar-refractivity contribution >= 4 is 68.0 Å². The third-order valence-electron chi connectivity index (χ3n) is 14.3. The number of carbonyl (C=O) groups excluding carboxylic acids is 1. The Bertz CT molecular complexity index is 2990. The number of halogens is 2. The summed E-state index contributed by atoms with van der Waals surface area (Å²) in [6.07, 6.45) is 9.29. The molecule has 0 unspecified atom stereocenters. The Morgan fingerprint density at radius 2 is 1.04 bits per heavy atom. The number of benzene rings is 6. The Morgan fingerprint density at radius 1 is 0.597 bits per heavy atom. The number of likely N-dealkylation sites (tertiary alicyclic amines) is 2. The molecular weight excluding hydrogens is 1020 g/mol. The van der Waals surface area contributed by atoms with E-state index >= 15 is 0 Å². The van der Waals surface area contributed by atoms with Gasteiger partial charge in [-0.2, -0.15) is 0 Å². The lowest BCUT2D eigenvalue weighted by Crippen LogP contribution is -2.48. The van der Waals surface area contributed by atoms with Crippen molar-refractivity contribution in [2.45, 2.75) is 114 Å². The van der Waals surface area contributed by atoms with Gasteiger partial charge in [-0.1, -0.05) is 131 Å². The summed E-state index contributed by atoms with van der Waals surface area (Å²) < 4.78 is 11.5. The van der Waals surface area contributed by atoms with E-state index in [0.717, 1.165) is 109 Å².